The van der Waals surface area contributed by atoms with Crippen LogP contribution in [-0.4, -0.2) is 58.2 Å². The zero-order chi connectivity index (χ0) is 27.9. The summed E-state index contributed by atoms with van der Waals surface area (Å²) in [6.45, 7) is 2.32. The smallest absolute Gasteiger partial charge is 0.344 e. The van der Waals surface area contributed by atoms with Crippen molar-refractivity contribution < 1.29 is 29.3 Å². The third kappa shape index (κ3) is 7.01. The molecule has 9 nitrogen and oxygen atoms in total. The van der Waals surface area contributed by atoms with Crippen LogP contribution in [0.2, 0.25) is 5.02 Å². The molecule has 3 aromatic carbocycles. The van der Waals surface area contributed by atoms with Crippen LogP contribution in [0.3, 0.4) is 0 Å². The van der Waals surface area contributed by atoms with Gasteiger partial charge in [0.2, 0.25) is 0 Å². The van der Waals surface area contributed by atoms with Crippen LogP contribution in [-0.2, 0) is 4.79 Å². The number of carboxylic acids is 1. The summed E-state index contributed by atoms with van der Waals surface area (Å²) in [5.41, 5.74) is 1.39. The molecule has 10 heteroatoms. The minimum atomic E-state index is -1.07. The van der Waals surface area contributed by atoms with Crippen molar-refractivity contribution >= 4 is 35.1 Å². The van der Waals surface area contributed by atoms with Crippen molar-refractivity contribution in [3.63, 3.8) is 0 Å². The van der Waals surface area contributed by atoms with Gasteiger partial charge in [-0.15, -0.1) is 0 Å². The van der Waals surface area contributed by atoms with Crippen LogP contribution < -0.4 is 10.1 Å². The Labute approximate surface area is 230 Å². The maximum atomic E-state index is 12.8. The van der Waals surface area contributed by atoms with E-state index in [4.69, 9.17) is 16.3 Å². The van der Waals surface area contributed by atoms with Crippen LogP contribution in [0.1, 0.15) is 35.3 Å². The van der Waals surface area contributed by atoms with Gasteiger partial charge in [0.25, 0.3) is 0 Å². The molecule has 0 saturated heterocycles. The van der Waals surface area contributed by atoms with Crippen LogP contribution in [0.5, 0.6) is 17.2 Å². The van der Waals surface area contributed by atoms with Gasteiger partial charge in [-0.2, -0.15) is 0 Å². The van der Waals surface area contributed by atoms with Crippen molar-refractivity contribution in [2.75, 3.05) is 19.6 Å². The van der Waals surface area contributed by atoms with Crippen LogP contribution in [0.4, 0.5) is 4.79 Å². The number of nitrogens with zero attached hydrogens (tertiary/aromatic N) is 2. The van der Waals surface area contributed by atoms with Crippen molar-refractivity contribution in [1.29, 1.82) is 0 Å². The molecule has 0 aromatic heterocycles. The number of nitrogens with one attached hydrogen (secondary N) is 1. The Morgan fingerprint density at radius 2 is 1.72 bits per heavy atom. The fourth-order valence-corrected chi connectivity index (χ4v) is 4.66. The fourth-order valence-electron chi connectivity index (χ4n) is 4.46. The molecule has 3 N–H and O–H groups in total. The number of phenolic OH excluding ortho intramolecular Hbond substituents is 1. The van der Waals surface area contributed by atoms with Crippen molar-refractivity contribution in [3.8, 4) is 17.2 Å². The van der Waals surface area contributed by atoms with E-state index in [0.29, 0.717) is 40.6 Å². The highest BCUT2D eigenvalue weighted by Crippen LogP contribution is 2.35. The van der Waals surface area contributed by atoms with Crippen LogP contribution in [0.25, 0.3) is 0 Å². The first-order valence-corrected chi connectivity index (χ1v) is 12.8. The maximum absolute atomic E-state index is 12.8. The SMILES string of the molecule is CC1=NC(=O)N(CCCNCC(=O)c2ccc(Oc3ccc(O)cc3)cc2)C(c2cccc(Cl)c2)C1C(=O)O. The summed E-state index contributed by atoms with van der Waals surface area (Å²) in [7, 11) is 0. The lowest BCUT2D eigenvalue weighted by Crippen LogP contribution is -2.47. The lowest BCUT2D eigenvalue weighted by atomic mass is 9.87. The molecule has 0 aliphatic carbocycles. The molecule has 39 heavy (non-hydrogen) atoms. The van der Waals surface area contributed by atoms with E-state index < -0.39 is 24.0 Å². The Bertz CT molecular complexity index is 1370. The van der Waals surface area contributed by atoms with Gasteiger partial charge >= 0.3 is 12.0 Å². The number of aliphatic carboxylic acids is 1. The van der Waals surface area contributed by atoms with Crippen molar-refractivity contribution in [2.24, 2.45) is 10.9 Å². The first kappa shape index (κ1) is 27.8. The number of Topliss-reactive ketones (excluding diaryl/α,β-unsaturated/α-hetero) is 1. The van der Waals surface area contributed by atoms with Gasteiger partial charge in [-0.25, -0.2) is 9.79 Å². The molecule has 202 valence electrons. The number of aliphatic imine (C=N–C) groups is 1. The van der Waals surface area contributed by atoms with Gasteiger partial charge in [0, 0.05) is 22.8 Å². The summed E-state index contributed by atoms with van der Waals surface area (Å²) in [5.74, 6) is -0.897. The van der Waals surface area contributed by atoms with Gasteiger partial charge in [-0.05, 0) is 86.1 Å². The van der Waals surface area contributed by atoms with Gasteiger partial charge in [0.05, 0.1) is 12.6 Å². The Hall–Kier alpha value is -4.21. The first-order chi connectivity index (χ1) is 18.7. The number of ether oxygens (including phenoxy) is 1. The number of halogens is 1. The quantitative estimate of drug-likeness (QED) is 0.217. The number of phenols is 1. The van der Waals surface area contributed by atoms with E-state index >= 15 is 0 Å². The molecule has 1 heterocycles. The lowest BCUT2D eigenvalue weighted by molar-refractivity contribution is -0.141. The number of carboxylic acid groups (broad SMARTS) is 1. The molecule has 0 spiro atoms. The molecule has 3 aromatic rings. The van der Waals surface area contributed by atoms with Gasteiger partial charge in [-0.3, -0.25) is 9.59 Å². The number of hydrogen-bond acceptors (Lipinski definition) is 6. The Balaban J connectivity index is 1.31. The van der Waals surface area contributed by atoms with E-state index in [-0.39, 0.29) is 30.3 Å². The first-order valence-electron chi connectivity index (χ1n) is 12.4. The predicted molar refractivity (Wildman–Crippen MR) is 147 cm³/mol. The van der Waals surface area contributed by atoms with Gasteiger partial charge < -0.3 is 25.2 Å². The molecule has 1 aliphatic heterocycles. The molecule has 2 amide bonds. The molecule has 0 radical (unpaired) electrons. The predicted octanol–water partition coefficient (Wildman–Crippen LogP) is 5.34. The largest absolute Gasteiger partial charge is 0.508 e. The Kier molecular flexibility index (Phi) is 8.96. The average Bonchev–Trinajstić information content (AvgIpc) is 2.90. The lowest BCUT2D eigenvalue weighted by Gasteiger charge is -2.38. The monoisotopic (exact) mass is 549 g/mol. The molecule has 2 atom stereocenters. The molecule has 2 unspecified atom stereocenters. The normalized spacial score (nSPS) is 17.0. The molecule has 4 rings (SSSR count). The number of urea groups is 1. The molecule has 0 bridgehead atoms. The van der Waals surface area contributed by atoms with E-state index in [2.05, 4.69) is 10.3 Å². The highest BCUT2D eigenvalue weighted by atomic mass is 35.5. The second-order valence-electron chi connectivity index (χ2n) is 9.12. The van der Waals surface area contributed by atoms with Crippen LogP contribution >= 0.6 is 11.6 Å². The number of ketones is 1. The number of carbonyl (C=O) groups excluding carboxylic acids is 2. The molecular weight excluding hydrogens is 522 g/mol. The summed E-state index contributed by atoms with van der Waals surface area (Å²) < 4.78 is 5.70. The highest BCUT2D eigenvalue weighted by molar-refractivity contribution is 6.30. The fraction of sp³-hybridized carbons (Fsp3) is 0.241. The number of hydrogen-bond donors (Lipinski definition) is 3. The number of rotatable bonds is 11. The molecule has 0 fully saturated rings. The van der Waals surface area contributed by atoms with Crippen LogP contribution in [0, 0.1) is 5.92 Å². The number of benzene rings is 3. The van der Waals surface area contributed by atoms with Gasteiger partial charge in [-0.1, -0.05) is 23.7 Å². The molecular formula is C29H28ClN3O6. The topological polar surface area (TPSA) is 129 Å². The molecule has 1 aliphatic rings. The average molecular weight is 550 g/mol. The van der Waals surface area contributed by atoms with E-state index in [9.17, 15) is 24.6 Å². The summed E-state index contributed by atoms with van der Waals surface area (Å²) >= 11 is 6.15. The third-order valence-corrected chi connectivity index (χ3v) is 6.60. The Morgan fingerprint density at radius 1 is 1.05 bits per heavy atom. The van der Waals surface area contributed by atoms with E-state index in [1.807, 2.05) is 0 Å². The van der Waals surface area contributed by atoms with Crippen molar-refractivity contribution in [2.45, 2.75) is 19.4 Å². The second kappa shape index (κ2) is 12.6. The standard InChI is InChI=1S/C29H28ClN3O6/c1-18-26(28(36)37)27(20-4-2-5-21(30)16-20)33(29(38)32-18)15-3-14-31-17-25(35)19-6-10-23(11-7-19)39-24-12-8-22(34)9-13-24/h2,4-13,16,26-27,31,34H,3,14-15,17H2,1H3,(H,36,37). The summed E-state index contributed by atoms with van der Waals surface area (Å²) in [6.07, 6.45) is 0.483. The minimum Gasteiger partial charge on any atom is -0.508 e. The van der Waals surface area contributed by atoms with Gasteiger partial charge in [0.1, 0.15) is 23.2 Å². The number of carbonyl (C=O) groups is 3. The zero-order valence-electron chi connectivity index (χ0n) is 21.2. The van der Waals surface area contributed by atoms with Crippen LogP contribution in [0.15, 0.2) is 77.8 Å². The second-order valence-corrected chi connectivity index (χ2v) is 9.56. The van der Waals surface area contributed by atoms with E-state index in [1.165, 1.54) is 17.0 Å². The molecule has 0 saturated carbocycles. The summed E-state index contributed by atoms with van der Waals surface area (Å²) in [6, 6.07) is 18.7. The Morgan fingerprint density at radius 3 is 2.36 bits per heavy atom. The van der Waals surface area contributed by atoms with Gasteiger partial charge in [0.15, 0.2) is 5.78 Å². The number of amides is 2. The summed E-state index contributed by atoms with van der Waals surface area (Å²) in [4.78, 5) is 42.9. The van der Waals surface area contributed by atoms with Crippen molar-refractivity contribution in [1.82, 2.24) is 10.2 Å². The van der Waals surface area contributed by atoms with E-state index in [0.717, 1.165) is 0 Å². The summed E-state index contributed by atoms with van der Waals surface area (Å²) in [5, 5.41) is 22.8. The van der Waals surface area contributed by atoms with Crippen molar-refractivity contribution in [3.05, 3.63) is 88.9 Å². The zero-order valence-corrected chi connectivity index (χ0v) is 22.0. The third-order valence-electron chi connectivity index (χ3n) is 6.36. The highest BCUT2D eigenvalue weighted by Gasteiger charge is 2.42. The minimum absolute atomic E-state index is 0.0961. The van der Waals surface area contributed by atoms with E-state index in [1.54, 1.807) is 67.6 Å². The number of aromatic hydroxyl groups is 1. The maximum Gasteiger partial charge on any atom is 0.344 e.